The normalized spacial score (nSPS) is 16.0. The summed E-state index contributed by atoms with van der Waals surface area (Å²) in [4.78, 5) is 24.0. The molecule has 5 heteroatoms. The number of benzene rings is 2. The van der Waals surface area contributed by atoms with E-state index in [2.05, 4.69) is 10.6 Å². The van der Waals surface area contributed by atoms with Gasteiger partial charge in [0.1, 0.15) is 6.10 Å². The van der Waals surface area contributed by atoms with Gasteiger partial charge in [-0.1, -0.05) is 35.9 Å². The number of nitrogens with one attached hydrogen (secondary N) is 2. The largest absolute Gasteiger partial charge is 0.368 e. The summed E-state index contributed by atoms with van der Waals surface area (Å²) in [6, 6.07) is 14.6. The minimum Gasteiger partial charge on any atom is -0.368 e. The third-order valence-electron chi connectivity index (χ3n) is 3.40. The van der Waals surface area contributed by atoms with Gasteiger partial charge < -0.3 is 15.4 Å². The fraction of sp³-hybridized carbons (Fsp3) is 0.176. The number of hydrogen-bond acceptors (Lipinski definition) is 3. The van der Waals surface area contributed by atoms with Crippen LogP contribution < -0.4 is 10.6 Å². The first kappa shape index (κ1) is 14.3. The van der Waals surface area contributed by atoms with E-state index in [9.17, 15) is 9.59 Å². The Labute approximate surface area is 128 Å². The SMILES string of the molecule is Cc1ccc(NC(=O)C(=O)Nc2ccccc2C2CO2)cc1. The molecule has 22 heavy (non-hydrogen) atoms. The molecule has 0 aromatic heterocycles. The highest BCUT2D eigenvalue weighted by molar-refractivity contribution is 6.43. The number of aryl methyl sites for hydroxylation is 1. The van der Waals surface area contributed by atoms with E-state index in [0.717, 1.165) is 11.1 Å². The summed E-state index contributed by atoms with van der Waals surface area (Å²) in [5.41, 5.74) is 3.17. The lowest BCUT2D eigenvalue weighted by atomic mass is 10.1. The van der Waals surface area contributed by atoms with Crippen LogP contribution in [0.3, 0.4) is 0 Å². The second kappa shape index (κ2) is 5.99. The Morgan fingerprint density at radius 3 is 2.32 bits per heavy atom. The van der Waals surface area contributed by atoms with Crippen molar-refractivity contribution in [1.29, 1.82) is 0 Å². The lowest BCUT2D eigenvalue weighted by Crippen LogP contribution is -2.29. The van der Waals surface area contributed by atoms with Gasteiger partial charge in [-0.05, 0) is 25.1 Å². The Balaban J connectivity index is 1.66. The van der Waals surface area contributed by atoms with Crippen LogP contribution in [0, 0.1) is 6.92 Å². The van der Waals surface area contributed by atoms with Crippen molar-refractivity contribution in [2.75, 3.05) is 17.2 Å². The van der Waals surface area contributed by atoms with E-state index in [4.69, 9.17) is 4.74 Å². The Morgan fingerprint density at radius 2 is 1.64 bits per heavy atom. The summed E-state index contributed by atoms with van der Waals surface area (Å²) in [7, 11) is 0. The molecule has 2 N–H and O–H groups in total. The number of para-hydroxylation sites is 1. The Bertz CT molecular complexity index is 706. The monoisotopic (exact) mass is 296 g/mol. The standard InChI is InChI=1S/C17H16N2O3/c1-11-6-8-12(9-7-11)18-16(20)17(21)19-14-5-3-2-4-13(14)15-10-22-15/h2-9,15H,10H2,1H3,(H,18,20)(H,19,21). The van der Waals surface area contributed by atoms with Crippen molar-refractivity contribution in [3.63, 3.8) is 0 Å². The lowest BCUT2D eigenvalue weighted by Gasteiger charge is -2.09. The molecule has 0 spiro atoms. The van der Waals surface area contributed by atoms with Crippen LogP contribution in [0.25, 0.3) is 0 Å². The first-order valence-electron chi connectivity index (χ1n) is 7.03. The van der Waals surface area contributed by atoms with E-state index in [0.29, 0.717) is 18.0 Å². The fourth-order valence-electron chi connectivity index (χ4n) is 2.12. The highest BCUT2D eigenvalue weighted by Gasteiger charge is 2.28. The topological polar surface area (TPSA) is 70.7 Å². The molecular formula is C17H16N2O3. The molecule has 2 aromatic rings. The molecule has 0 bridgehead atoms. The first-order valence-corrected chi connectivity index (χ1v) is 7.03. The molecule has 2 aromatic carbocycles. The number of hydrogen-bond donors (Lipinski definition) is 2. The van der Waals surface area contributed by atoms with E-state index in [1.165, 1.54) is 0 Å². The van der Waals surface area contributed by atoms with Gasteiger partial charge in [0, 0.05) is 16.9 Å². The Kier molecular flexibility index (Phi) is 3.89. The average molecular weight is 296 g/mol. The molecule has 0 aliphatic carbocycles. The van der Waals surface area contributed by atoms with Gasteiger partial charge in [-0.2, -0.15) is 0 Å². The van der Waals surface area contributed by atoms with Crippen LogP contribution in [0.4, 0.5) is 11.4 Å². The van der Waals surface area contributed by atoms with Crippen molar-refractivity contribution in [2.45, 2.75) is 13.0 Å². The van der Waals surface area contributed by atoms with Crippen LogP contribution in [-0.4, -0.2) is 18.4 Å². The molecule has 3 rings (SSSR count). The minimum atomic E-state index is -0.700. The van der Waals surface area contributed by atoms with Crippen LogP contribution >= 0.6 is 0 Å². The van der Waals surface area contributed by atoms with Gasteiger partial charge in [0.2, 0.25) is 0 Å². The van der Waals surface area contributed by atoms with Gasteiger partial charge in [0.25, 0.3) is 0 Å². The summed E-state index contributed by atoms with van der Waals surface area (Å²) < 4.78 is 5.23. The molecule has 0 radical (unpaired) electrons. The maximum atomic E-state index is 12.0. The van der Waals surface area contributed by atoms with Crippen LogP contribution in [-0.2, 0) is 14.3 Å². The van der Waals surface area contributed by atoms with Gasteiger partial charge in [0.15, 0.2) is 0 Å². The van der Waals surface area contributed by atoms with Gasteiger partial charge in [-0.3, -0.25) is 9.59 Å². The molecule has 1 unspecified atom stereocenters. The van der Waals surface area contributed by atoms with Crippen molar-refractivity contribution in [3.05, 3.63) is 59.7 Å². The predicted octanol–water partition coefficient (Wildman–Crippen LogP) is 2.64. The van der Waals surface area contributed by atoms with Gasteiger partial charge in [-0.25, -0.2) is 0 Å². The van der Waals surface area contributed by atoms with Gasteiger partial charge in [-0.15, -0.1) is 0 Å². The summed E-state index contributed by atoms with van der Waals surface area (Å²) in [6.45, 7) is 2.59. The Hall–Kier alpha value is -2.66. The Morgan fingerprint density at radius 1 is 1.00 bits per heavy atom. The molecular weight excluding hydrogens is 280 g/mol. The third kappa shape index (κ3) is 3.32. The molecule has 1 aliphatic heterocycles. The second-order valence-corrected chi connectivity index (χ2v) is 5.18. The summed E-state index contributed by atoms with van der Waals surface area (Å²) >= 11 is 0. The zero-order chi connectivity index (χ0) is 15.5. The number of carbonyl (C=O) groups is 2. The van der Waals surface area contributed by atoms with E-state index >= 15 is 0 Å². The number of carbonyl (C=O) groups excluding carboxylic acids is 2. The van der Waals surface area contributed by atoms with E-state index in [1.54, 1.807) is 24.3 Å². The zero-order valence-corrected chi connectivity index (χ0v) is 12.1. The fourth-order valence-corrected chi connectivity index (χ4v) is 2.12. The number of anilines is 2. The summed E-state index contributed by atoms with van der Waals surface area (Å²) in [5, 5.41) is 5.20. The highest BCUT2D eigenvalue weighted by Crippen LogP contribution is 2.34. The van der Waals surface area contributed by atoms with Crippen molar-refractivity contribution in [2.24, 2.45) is 0 Å². The number of rotatable bonds is 3. The molecule has 0 saturated carbocycles. The average Bonchev–Trinajstić information content (AvgIpc) is 3.35. The van der Waals surface area contributed by atoms with Crippen LogP contribution in [0.1, 0.15) is 17.2 Å². The summed E-state index contributed by atoms with van der Waals surface area (Å²) in [5.74, 6) is -1.40. The first-order chi connectivity index (χ1) is 10.6. The van der Waals surface area contributed by atoms with E-state index in [-0.39, 0.29) is 6.10 Å². The lowest BCUT2D eigenvalue weighted by molar-refractivity contribution is -0.133. The summed E-state index contributed by atoms with van der Waals surface area (Å²) in [6.07, 6.45) is 0.0108. The molecule has 2 amide bonds. The molecule has 1 atom stereocenters. The molecule has 1 aliphatic rings. The van der Waals surface area contributed by atoms with Gasteiger partial charge in [0.05, 0.1) is 6.61 Å². The predicted molar refractivity (Wildman–Crippen MR) is 83.6 cm³/mol. The van der Waals surface area contributed by atoms with E-state index < -0.39 is 11.8 Å². The number of ether oxygens (including phenoxy) is 1. The van der Waals surface area contributed by atoms with Crippen LogP contribution in [0.2, 0.25) is 0 Å². The quantitative estimate of drug-likeness (QED) is 0.675. The molecule has 1 heterocycles. The van der Waals surface area contributed by atoms with Crippen molar-refractivity contribution in [3.8, 4) is 0 Å². The van der Waals surface area contributed by atoms with Crippen LogP contribution in [0.5, 0.6) is 0 Å². The van der Waals surface area contributed by atoms with Crippen molar-refractivity contribution in [1.82, 2.24) is 0 Å². The third-order valence-corrected chi connectivity index (χ3v) is 3.40. The highest BCUT2D eigenvalue weighted by atomic mass is 16.6. The second-order valence-electron chi connectivity index (χ2n) is 5.18. The number of epoxide rings is 1. The molecule has 5 nitrogen and oxygen atoms in total. The smallest absolute Gasteiger partial charge is 0.314 e. The van der Waals surface area contributed by atoms with Gasteiger partial charge >= 0.3 is 11.8 Å². The molecule has 1 fully saturated rings. The zero-order valence-electron chi connectivity index (χ0n) is 12.1. The maximum absolute atomic E-state index is 12.0. The van der Waals surface area contributed by atoms with E-state index in [1.807, 2.05) is 31.2 Å². The van der Waals surface area contributed by atoms with Crippen molar-refractivity contribution < 1.29 is 14.3 Å². The minimum absolute atomic E-state index is 0.0108. The maximum Gasteiger partial charge on any atom is 0.314 e. The molecule has 112 valence electrons. The molecule has 1 saturated heterocycles. The number of amides is 2. The van der Waals surface area contributed by atoms with Crippen molar-refractivity contribution >= 4 is 23.2 Å². The van der Waals surface area contributed by atoms with Crippen LogP contribution in [0.15, 0.2) is 48.5 Å².